The van der Waals surface area contributed by atoms with Gasteiger partial charge in [-0.1, -0.05) is 6.92 Å². The van der Waals surface area contributed by atoms with E-state index in [-0.39, 0.29) is 0 Å². The molecule has 17 heavy (non-hydrogen) atoms. The minimum absolute atomic E-state index is 0.365. The molecule has 0 saturated heterocycles. The van der Waals surface area contributed by atoms with Crippen LogP contribution >= 0.6 is 0 Å². The van der Waals surface area contributed by atoms with Crippen molar-refractivity contribution < 1.29 is 4.74 Å². The Morgan fingerprint density at radius 1 is 1.53 bits per heavy atom. The molecule has 0 spiro atoms. The molecule has 0 aromatic carbocycles. The number of nitrogens with zero attached hydrogens (tertiary/aromatic N) is 3. The summed E-state index contributed by atoms with van der Waals surface area (Å²) < 4.78 is 7.58. The summed E-state index contributed by atoms with van der Waals surface area (Å²) in [5.41, 5.74) is 2.62. The van der Waals surface area contributed by atoms with Gasteiger partial charge in [0, 0.05) is 6.20 Å². The van der Waals surface area contributed by atoms with Crippen molar-refractivity contribution in [1.82, 2.24) is 9.38 Å². The normalized spacial score (nSPS) is 10.4. The van der Waals surface area contributed by atoms with Gasteiger partial charge in [-0.2, -0.15) is 5.26 Å². The fraction of sp³-hybridized carbons (Fsp3) is 0.385. The highest BCUT2D eigenvalue weighted by atomic mass is 16.5. The fourth-order valence-electron chi connectivity index (χ4n) is 1.82. The van der Waals surface area contributed by atoms with Crippen LogP contribution in [0, 0.1) is 18.3 Å². The molecule has 4 heteroatoms. The predicted molar refractivity (Wildman–Crippen MR) is 65.0 cm³/mol. The molecule has 2 rings (SSSR count). The molecular formula is C13H15N3O. The summed E-state index contributed by atoms with van der Waals surface area (Å²) in [6, 6.07) is 5.99. The standard InChI is InChI=1S/C13H15N3O/c1-3-9-17-12-5-4-8-16-11(6-7-14)10(2)15-13(12)16/h4-5,8H,3,6,9H2,1-2H3. The minimum Gasteiger partial charge on any atom is -0.490 e. The predicted octanol–water partition coefficient (Wildman–Crippen LogP) is 2.50. The second-order valence-corrected chi connectivity index (χ2v) is 3.89. The number of aromatic nitrogens is 2. The molecule has 0 radical (unpaired) electrons. The highest BCUT2D eigenvalue weighted by Crippen LogP contribution is 2.22. The van der Waals surface area contributed by atoms with E-state index in [0.29, 0.717) is 13.0 Å². The molecule has 0 bridgehead atoms. The maximum Gasteiger partial charge on any atom is 0.180 e. The number of aryl methyl sites for hydroxylation is 1. The van der Waals surface area contributed by atoms with E-state index in [1.807, 2.05) is 29.7 Å². The molecule has 0 amide bonds. The van der Waals surface area contributed by atoms with Crippen molar-refractivity contribution >= 4 is 5.65 Å². The summed E-state index contributed by atoms with van der Waals surface area (Å²) in [5, 5.41) is 8.81. The van der Waals surface area contributed by atoms with Gasteiger partial charge in [0.2, 0.25) is 0 Å². The molecule has 2 aromatic rings. The van der Waals surface area contributed by atoms with Crippen molar-refractivity contribution in [3.63, 3.8) is 0 Å². The van der Waals surface area contributed by atoms with Crippen LogP contribution in [0.25, 0.3) is 5.65 Å². The lowest BCUT2D eigenvalue weighted by Crippen LogP contribution is -1.98. The van der Waals surface area contributed by atoms with Crippen molar-refractivity contribution in [2.45, 2.75) is 26.7 Å². The molecule has 0 atom stereocenters. The highest BCUT2D eigenvalue weighted by Gasteiger charge is 2.11. The van der Waals surface area contributed by atoms with Gasteiger partial charge in [0.05, 0.1) is 30.5 Å². The van der Waals surface area contributed by atoms with Gasteiger partial charge >= 0.3 is 0 Å². The lowest BCUT2D eigenvalue weighted by Gasteiger charge is -2.06. The van der Waals surface area contributed by atoms with Crippen LogP contribution in [0.1, 0.15) is 24.7 Å². The average Bonchev–Trinajstić information content (AvgIpc) is 2.65. The number of fused-ring (bicyclic) bond motifs is 1. The smallest absolute Gasteiger partial charge is 0.180 e. The SMILES string of the molecule is CCCOc1cccn2c(CC#N)c(C)nc12. The van der Waals surface area contributed by atoms with E-state index in [2.05, 4.69) is 18.0 Å². The van der Waals surface area contributed by atoms with Crippen LogP contribution in [0.4, 0.5) is 0 Å². The Morgan fingerprint density at radius 2 is 2.35 bits per heavy atom. The molecule has 0 aliphatic carbocycles. The lowest BCUT2D eigenvalue weighted by molar-refractivity contribution is 0.319. The molecule has 0 aliphatic heterocycles. The van der Waals surface area contributed by atoms with E-state index in [4.69, 9.17) is 10.00 Å². The van der Waals surface area contributed by atoms with Gasteiger partial charge in [-0.25, -0.2) is 4.98 Å². The monoisotopic (exact) mass is 229 g/mol. The minimum atomic E-state index is 0.365. The Balaban J connectivity index is 2.51. The van der Waals surface area contributed by atoms with E-state index in [0.717, 1.165) is 29.2 Å². The topological polar surface area (TPSA) is 50.3 Å². The third kappa shape index (κ3) is 2.09. The average molecular weight is 229 g/mol. The number of hydrogen-bond acceptors (Lipinski definition) is 3. The summed E-state index contributed by atoms with van der Waals surface area (Å²) in [5.74, 6) is 0.779. The fourth-order valence-corrected chi connectivity index (χ4v) is 1.82. The quantitative estimate of drug-likeness (QED) is 0.809. The number of pyridine rings is 1. The molecule has 2 heterocycles. The zero-order chi connectivity index (χ0) is 12.3. The molecule has 4 nitrogen and oxygen atoms in total. The van der Waals surface area contributed by atoms with Gasteiger partial charge in [0.1, 0.15) is 0 Å². The van der Waals surface area contributed by atoms with Crippen molar-refractivity contribution in [3.8, 4) is 11.8 Å². The summed E-state index contributed by atoms with van der Waals surface area (Å²) in [4.78, 5) is 4.47. The van der Waals surface area contributed by atoms with Gasteiger partial charge in [-0.05, 0) is 25.5 Å². The second kappa shape index (κ2) is 4.88. The molecule has 0 saturated carbocycles. The Kier molecular flexibility index (Phi) is 3.29. The first-order chi connectivity index (χ1) is 8.27. The Labute approximate surface area is 100 Å². The van der Waals surface area contributed by atoms with Gasteiger partial charge < -0.3 is 4.74 Å². The van der Waals surface area contributed by atoms with E-state index in [1.54, 1.807) is 0 Å². The largest absolute Gasteiger partial charge is 0.490 e. The molecule has 0 aliphatic rings. The van der Waals surface area contributed by atoms with Crippen LogP contribution in [-0.4, -0.2) is 16.0 Å². The molecule has 0 unspecified atom stereocenters. The zero-order valence-corrected chi connectivity index (χ0v) is 10.1. The van der Waals surface area contributed by atoms with Gasteiger partial charge in [0.15, 0.2) is 11.4 Å². The number of rotatable bonds is 4. The van der Waals surface area contributed by atoms with Gasteiger partial charge in [0.25, 0.3) is 0 Å². The van der Waals surface area contributed by atoms with Gasteiger partial charge in [-0.15, -0.1) is 0 Å². The maximum absolute atomic E-state index is 8.81. The summed E-state index contributed by atoms with van der Waals surface area (Å²) in [7, 11) is 0. The summed E-state index contributed by atoms with van der Waals surface area (Å²) in [6.07, 6.45) is 3.25. The molecular weight excluding hydrogens is 214 g/mol. The van der Waals surface area contributed by atoms with Crippen LogP contribution in [0.3, 0.4) is 0 Å². The van der Waals surface area contributed by atoms with Crippen molar-refractivity contribution in [2.75, 3.05) is 6.61 Å². The molecule has 0 fully saturated rings. The number of nitriles is 1. The highest BCUT2D eigenvalue weighted by molar-refractivity contribution is 5.56. The Bertz CT molecular complexity index is 566. The first kappa shape index (κ1) is 11.5. The maximum atomic E-state index is 8.81. The first-order valence-corrected chi connectivity index (χ1v) is 5.74. The van der Waals surface area contributed by atoms with E-state index in [9.17, 15) is 0 Å². The van der Waals surface area contributed by atoms with Crippen LogP contribution < -0.4 is 4.74 Å². The van der Waals surface area contributed by atoms with Crippen molar-refractivity contribution in [2.24, 2.45) is 0 Å². The van der Waals surface area contributed by atoms with E-state index < -0.39 is 0 Å². The Hall–Kier alpha value is -2.02. The second-order valence-electron chi connectivity index (χ2n) is 3.89. The van der Waals surface area contributed by atoms with Crippen LogP contribution in [0.15, 0.2) is 18.3 Å². The lowest BCUT2D eigenvalue weighted by atomic mass is 10.3. The first-order valence-electron chi connectivity index (χ1n) is 5.74. The third-order valence-corrected chi connectivity index (χ3v) is 2.62. The molecule has 0 N–H and O–H groups in total. The van der Waals surface area contributed by atoms with Crippen LogP contribution in [0.5, 0.6) is 5.75 Å². The van der Waals surface area contributed by atoms with E-state index >= 15 is 0 Å². The molecule has 88 valence electrons. The summed E-state index contributed by atoms with van der Waals surface area (Å²) >= 11 is 0. The Morgan fingerprint density at radius 3 is 3.06 bits per heavy atom. The van der Waals surface area contributed by atoms with Gasteiger partial charge in [-0.3, -0.25) is 4.40 Å². The van der Waals surface area contributed by atoms with Crippen molar-refractivity contribution in [1.29, 1.82) is 5.26 Å². The number of imidazole rings is 1. The molecule has 2 aromatic heterocycles. The van der Waals surface area contributed by atoms with Crippen LogP contribution in [0.2, 0.25) is 0 Å². The number of hydrogen-bond donors (Lipinski definition) is 0. The summed E-state index contributed by atoms with van der Waals surface area (Å²) in [6.45, 7) is 4.67. The third-order valence-electron chi connectivity index (χ3n) is 2.62. The zero-order valence-electron chi connectivity index (χ0n) is 10.1. The number of ether oxygens (including phenoxy) is 1. The van der Waals surface area contributed by atoms with Crippen molar-refractivity contribution in [3.05, 3.63) is 29.7 Å². The van der Waals surface area contributed by atoms with E-state index in [1.165, 1.54) is 0 Å². The van der Waals surface area contributed by atoms with Crippen LogP contribution in [-0.2, 0) is 6.42 Å².